The number of rotatable bonds is 1. The fraction of sp³-hybridized carbons (Fsp3) is 0.909. The Hall–Kier alpha value is -0.610. The van der Waals surface area contributed by atoms with Gasteiger partial charge in [0.1, 0.15) is 5.60 Å². The molecule has 2 N–H and O–H groups in total. The minimum atomic E-state index is -0.345. The minimum Gasteiger partial charge on any atom is -0.460 e. The quantitative estimate of drug-likeness (QED) is 0.642. The third-order valence-corrected chi connectivity index (χ3v) is 2.08. The number of aliphatic hydroxyl groups excluding tert-OH is 1. The Morgan fingerprint density at radius 2 is 1.73 bits per heavy atom. The van der Waals surface area contributed by atoms with E-state index in [1.54, 1.807) is 0 Å². The van der Waals surface area contributed by atoms with Gasteiger partial charge in [-0.15, -0.1) is 0 Å². The lowest BCUT2D eigenvalue weighted by Crippen LogP contribution is -2.35. The van der Waals surface area contributed by atoms with Gasteiger partial charge in [-0.3, -0.25) is 4.79 Å². The summed E-state index contributed by atoms with van der Waals surface area (Å²) < 4.78 is 5.31. The molecule has 0 aromatic heterocycles. The molecular formula is C11H23NO3. The molecule has 4 nitrogen and oxygen atoms in total. The molecule has 15 heavy (non-hydrogen) atoms. The molecule has 1 fully saturated rings. The number of aliphatic hydroxyl groups is 1. The van der Waals surface area contributed by atoms with Gasteiger partial charge in [-0.05, 0) is 46.7 Å². The van der Waals surface area contributed by atoms with Crippen LogP contribution in [0.3, 0.4) is 0 Å². The van der Waals surface area contributed by atoms with Gasteiger partial charge in [-0.25, -0.2) is 0 Å². The maximum atomic E-state index is 11.6. The van der Waals surface area contributed by atoms with Crippen molar-refractivity contribution in [3.63, 3.8) is 0 Å². The minimum absolute atomic E-state index is 0.0333. The van der Waals surface area contributed by atoms with E-state index in [1.807, 2.05) is 20.8 Å². The third-order valence-electron chi connectivity index (χ3n) is 2.08. The van der Waals surface area contributed by atoms with E-state index >= 15 is 0 Å². The largest absolute Gasteiger partial charge is 0.460 e. The molecule has 0 bridgehead atoms. The second-order valence-electron chi connectivity index (χ2n) is 4.56. The number of hydrogen-bond acceptors (Lipinski definition) is 4. The first-order valence-corrected chi connectivity index (χ1v) is 5.37. The van der Waals surface area contributed by atoms with Gasteiger partial charge in [0.05, 0.1) is 5.92 Å². The third kappa shape index (κ3) is 6.47. The summed E-state index contributed by atoms with van der Waals surface area (Å²) in [5, 5.41) is 10.2. The molecular weight excluding hydrogens is 194 g/mol. The van der Waals surface area contributed by atoms with Crippen LogP contribution in [0.4, 0.5) is 0 Å². The Morgan fingerprint density at radius 3 is 2.13 bits per heavy atom. The van der Waals surface area contributed by atoms with Gasteiger partial charge in [0.15, 0.2) is 0 Å². The fourth-order valence-electron chi connectivity index (χ4n) is 1.44. The summed E-state index contributed by atoms with van der Waals surface area (Å²) in [6.45, 7) is 7.59. The number of nitrogens with one attached hydrogen (secondary N) is 1. The van der Waals surface area contributed by atoms with Crippen molar-refractivity contribution in [1.82, 2.24) is 5.32 Å². The van der Waals surface area contributed by atoms with E-state index in [2.05, 4.69) is 5.32 Å². The van der Waals surface area contributed by atoms with Crippen LogP contribution in [0.5, 0.6) is 0 Å². The number of ether oxygens (including phenoxy) is 1. The van der Waals surface area contributed by atoms with Gasteiger partial charge in [-0.2, -0.15) is 0 Å². The summed E-state index contributed by atoms with van der Waals surface area (Å²) in [5.74, 6) is 0.0782. The van der Waals surface area contributed by atoms with Crippen LogP contribution in [0.25, 0.3) is 0 Å². The van der Waals surface area contributed by atoms with Crippen molar-refractivity contribution in [3.8, 4) is 0 Å². The average Bonchev–Trinajstić information content (AvgIpc) is 2.20. The van der Waals surface area contributed by atoms with Crippen LogP contribution in [-0.4, -0.2) is 36.9 Å². The van der Waals surface area contributed by atoms with Gasteiger partial charge >= 0.3 is 5.97 Å². The highest BCUT2D eigenvalue weighted by Crippen LogP contribution is 2.17. The van der Waals surface area contributed by atoms with Crippen LogP contribution in [0, 0.1) is 5.92 Å². The summed E-state index contributed by atoms with van der Waals surface area (Å²) in [4.78, 5) is 11.6. The summed E-state index contributed by atoms with van der Waals surface area (Å²) in [5.41, 5.74) is -0.345. The number of carbonyl (C=O) groups excluding carboxylic acids is 1. The van der Waals surface area contributed by atoms with Gasteiger partial charge in [0.2, 0.25) is 0 Å². The number of carbonyl (C=O) groups is 1. The molecule has 1 heterocycles. The monoisotopic (exact) mass is 217 g/mol. The highest BCUT2D eigenvalue weighted by Gasteiger charge is 2.26. The maximum Gasteiger partial charge on any atom is 0.309 e. The van der Waals surface area contributed by atoms with E-state index in [4.69, 9.17) is 9.84 Å². The normalized spacial score (nSPS) is 17.7. The molecule has 0 radical (unpaired) electrons. The van der Waals surface area contributed by atoms with Crippen LogP contribution < -0.4 is 5.32 Å². The standard InChI is InChI=1S/C10H19NO2.CH4O/c1-10(2,3)13-9(12)8-4-6-11-7-5-8;1-2/h8,11H,4-7H2,1-3H3;2H,1H3. The molecule has 0 aromatic rings. The summed E-state index contributed by atoms with van der Waals surface area (Å²) in [6.07, 6.45) is 1.82. The zero-order valence-corrected chi connectivity index (χ0v) is 10.2. The van der Waals surface area contributed by atoms with E-state index in [0.717, 1.165) is 33.0 Å². The van der Waals surface area contributed by atoms with Crippen molar-refractivity contribution in [2.24, 2.45) is 5.92 Å². The lowest BCUT2D eigenvalue weighted by molar-refractivity contribution is -0.160. The Labute approximate surface area is 92.0 Å². The Balaban J connectivity index is 0.000000921. The number of esters is 1. The van der Waals surface area contributed by atoms with E-state index in [-0.39, 0.29) is 17.5 Å². The summed E-state index contributed by atoms with van der Waals surface area (Å²) in [7, 11) is 1.00. The summed E-state index contributed by atoms with van der Waals surface area (Å²) in [6, 6.07) is 0. The molecule has 4 heteroatoms. The number of hydrogen-bond donors (Lipinski definition) is 2. The first-order chi connectivity index (χ1) is 6.99. The van der Waals surface area contributed by atoms with Gasteiger partial charge in [0, 0.05) is 7.11 Å². The smallest absolute Gasteiger partial charge is 0.309 e. The summed E-state index contributed by atoms with van der Waals surface area (Å²) >= 11 is 0. The molecule has 0 spiro atoms. The van der Waals surface area contributed by atoms with E-state index in [0.29, 0.717) is 0 Å². The van der Waals surface area contributed by atoms with Crippen molar-refractivity contribution >= 4 is 5.97 Å². The van der Waals surface area contributed by atoms with Crippen molar-refractivity contribution in [2.75, 3.05) is 20.2 Å². The van der Waals surface area contributed by atoms with Crippen LogP contribution in [0.1, 0.15) is 33.6 Å². The predicted molar refractivity (Wildman–Crippen MR) is 59.6 cm³/mol. The maximum absolute atomic E-state index is 11.6. The Kier molecular flexibility index (Phi) is 6.52. The average molecular weight is 217 g/mol. The molecule has 0 saturated carbocycles. The van der Waals surface area contributed by atoms with Crippen LogP contribution >= 0.6 is 0 Å². The van der Waals surface area contributed by atoms with Crippen LogP contribution in [0.15, 0.2) is 0 Å². The second kappa shape index (κ2) is 6.80. The molecule has 1 aliphatic rings. The first-order valence-electron chi connectivity index (χ1n) is 5.37. The van der Waals surface area contributed by atoms with Gasteiger partial charge in [-0.1, -0.05) is 0 Å². The Bertz CT molecular complexity index is 181. The highest BCUT2D eigenvalue weighted by molar-refractivity contribution is 5.73. The van der Waals surface area contributed by atoms with E-state index in [9.17, 15) is 4.79 Å². The van der Waals surface area contributed by atoms with E-state index < -0.39 is 0 Å². The lowest BCUT2D eigenvalue weighted by Gasteiger charge is -2.26. The molecule has 0 aromatic carbocycles. The lowest BCUT2D eigenvalue weighted by atomic mass is 9.98. The van der Waals surface area contributed by atoms with Crippen molar-refractivity contribution < 1.29 is 14.6 Å². The molecule has 1 rings (SSSR count). The van der Waals surface area contributed by atoms with Crippen molar-refractivity contribution in [3.05, 3.63) is 0 Å². The number of piperidine rings is 1. The molecule has 0 unspecified atom stereocenters. The molecule has 1 saturated heterocycles. The van der Waals surface area contributed by atoms with E-state index in [1.165, 1.54) is 0 Å². The first kappa shape index (κ1) is 14.4. The van der Waals surface area contributed by atoms with Crippen LogP contribution in [0.2, 0.25) is 0 Å². The highest BCUT2D eigenvalue weighted by atomic mass is 16.6. The van der Waals surface area contributed by atoms with Crippen LogP contribution in [-0.2, 0) is 9.53 Å². The van der Waals surface area contributed by atoms with Gasteiger partial charge in [0.25, 0.3) is 0 Å². The molecule has 0 aliphatic carbocycles. The molecule has 0 amide bonds. The molecule has 0 atom stereocenters. The van der Waals surface area contributed by atoms with Gasteiger partial charge < -0.3 is 15.2 Å². The molecule has 90 valence electrons. The predicted octanol–water partition coefficient (Wildman–Crippen LogP) is 0.936. The zero-order valence-electron chi connectivity index (χ0n) is 10.2. The van der Waals surface area contributed by atoms with Crippen molar-refractivity contribution in [2.45, 2.75) is 39.2 Å². The second-order valence-corrected chi connectivity index (χ2v) is 4.56. The molecule has 1 aliphatic heterocycles. The topological polar surface area (TPSA) is 58.6 Å². The fourth-order valence-corrected chi connectivity index (χ4v) is 1.44. The Morgan fingerprint density at radius 1 is 1.27 bits per heavy atom. The van der Waals surface area contributed by atoms with Crippen molar-refractivity contribution in [1.29, 1.82) is 0 Å². The zero-order chi connectivity index (χ0) is 11.9. The SMILES string of the molecule is CC(C)(C)OC(=O)C1CCNCC1.CO.